The van der Waals surface area contributed by atoms with Crippen molar-refractivity contribution in [2.75, 3.05) is 5.75 Å². The van der Waals surface area contributed by atoms with Crippen LogP contribution < -0.4 is 0 Å². The zero-order valence-corrected chi connectivity index (χ0v) is 10.8. The maximum absolute atomic E-state index is 12.0. The number of aliphatic hydroxyl groups is 1. The van der Waals surface area contributed by atoms with E-state index >= 15 is 0 Å². The van der Waals surface area contributed by atoms with Gasteiger partial charge in [-0.2, -0.15) is 0 Å². The summed E-state index contributed by atoms with van der Waals surface area (Å²) in [6, 6.07) is 6.51. The number of rotatable bonds is 1. The Bertz CT molecular complexity index is 716. The third kappa shape index (κ3) is 1.84. The maximum Gasteiger partial charge on any atom is 0.178 e. The molecule has 0 radical (unpaired) electrons. The molecule has 2 aromatic rings. The number of nitrogens with zero attached hydrogens (tertiary/aromatic N) is 2. The number of hydrogen-bond donors (Lipinski definition) is 1. The van der Waals surface area contributed by atoms with Crippen LogP contribution in [0.5, 0.6) is 0 Å². The van der Waals surface area contributed by atoms with Gasteiger partial charge in [-0.1, -0.05) is 18.2 Å². The van der Waals surface area contributed by atoms with Gasteiger partial charge >= 0.3 is 0 Å². The molecule has 0 fully saturated rings. The van der Waals surface area contributed by atoms with Crippen LogP contribution in [0.1, 0.15) is 17.7 Å². The molecule has 1 N–H and O–H groups in total. The van der Waals surface area contributed by atoms with Crippen molar-refractivity contribution >= 4 is 9.84 Å². The van der Waals surface area contributed by atoms with Crippen LogP contribution in [0.3, 0.4) is 0 Å². The number of benzene rings is 1. The predicted octanol–water partition coefficient (Wildman–Crippen LogP) is 0.890. The van der Waals surface area contributed by atoms with Crippen LogP contribution >= 0.6 is 0 Å². The van der Waals surface area contributed by atoms with E-state index in [2.05, 4.69) is 9.97 Å². The van der Waals surface area contributed by atoms with Gasteiger partial charge in [0.25, 0.3) is 0 Å². The number of hydrogen-bond acceptors (Lipinski definition) is 5. The minimum atomic E-state index is -3.33. The van der Waals surface area contributed by atoms with E-state index in [0.29, 0.717) is 11.3 Å². The molecule has 98 valence electrons. The van der Waals surface area contributed by atoms with Crippen molar-refractivity contribution in [2.24, 2.45) is 0 Å². The summed E-state index contributed by atoms with van der Waals surface area (Å²) >= 11 is 0. The van der Waals surface area contributed by atoms with Gasteiger partial charge in [-0.25, -0.2) is 8.42 Å². The minimum absolute atomic E-state index is 0.0883. The van der Waals surface area contributed by atoms with Gasteiger partial charge in [0.05, 0.1) is 22.5 Å². The van der Waals surface area contributed by atoms with Crippen molar-refractivity contribution in [1.82, 2.24) is 9.97 Å². The molecule has 3 rings (SSSR count). The summed E-state index contributed by atoms with van der Waals surface area (Å²) in [5.74, 6) is -0.100. The number of sulfone groups is 1. The van der Waals surface area contributed by atoms with Gasteiger partial charge in [-0.05, 0) is 6.07 Å². The molecule has 0 saturated carbocycles. The third-order valence-electron chi connectivity index (χ3n) is 3.39. The van der Waals surface area contributed by atoms with E-state index < -0.39 is 15.4 Å². The predicted molar refractivity (Wildman–Crippen MR) is 68.1 cm³/mol. The van der Waals surface area contributed by atoms with Crippen LogP contribution in [-0.2, 0) is 15.4 Å². The molecule has 0 saturated heterocycles. The van der Waals surface area contributed by atoms with Crippen molar-refractivity contribution in [2.45, 2.75) is 16.9 Å². The first-order valence-corrected chi connectivity index (χ1v) is 7.50. The average molecular weight is 276 g/mol. The third-order valence-corrected chi connectivity index (χ3v) is 5.15. The van der Waals surface area contributed by atoms with Crippen LogP contribution in [0, 0.1) is 0 Å². The monoisotopic (exact) mass is 276 g/mol. The highest BCUT2D eigenvalue weighted by Gasteiger charge is 2.42. The zero-order chi connectivity index (χ0) is 13.5. The van der Waals surface area contributed by atoms with E-state index in [0.717, 1.165) is 0 Å². The normalized spacial score (nSPS) is 24.7. The summed E-state index contributed by atoms with van der Waals surface area (Å²) < 4.78 is 24.1. The van der Waals surface area contributed by atoms with Crippen LogP contribution in [0.2, 0.25) is 0 Å². The van der Waals surface area contributed by atoms with Crippen molar-refractivity contribution < 1.29 is 13.5 Å². The highest BCUT2D eigenvalue weighted by Crippen LogP contribution is 2.40. The summed E-state index contributed by atoms with van der Waals surface area (Å²) in [6.45, 7) is 0. The standard InChI is InChI=1S/C13H12N2O3S/c16-13(12-9-14-6-7-15-12)5-8-19(17,18)11-4-2-1-3-10(11)13/h1-4,6-7,9,16H,5,8H2. The molecule has 2 heterocycles. The molecule has 19 heavy (non-hydrogen) atoms. The molecule has 1 aromatic carbocycles. The lowest BCUT2D eigenvalue weighted by molar-refractivity contribution is 0.0668. The molecule has 1 aromatic heterocycles. The largest absolute Gasteiger partial charge is 0.379 e. The van der Waals surface area contributed by atoms with Gasteiger partial charge < -0.3 is 5.11 Å². The molecule has 6 heteroatoms. The van der Waals surface area contributed by atoms with Crippen molar-refractivity contribution in [3.8, 4) is 0 Å². The first-order valence-electron chi connectivity index (χ1n) is 5.85. The lowest BCUT2D eigenvalue weighted by Gasteiger charge is -2.33. The van der Waals surface area contributed by atoms with Gasteiger partial charge in [0.2, 0.25) is 0 Å². The molecule has 1 atom stereocenters. The lowest BCUT2D eigenvalue weighted by atomic mass is 9.87. The number of fused-ring (bicyclic) bond motifs is 1. The summed E-state index contributed by atoms with van der Waals surface area (Å²) in [6.07, 6.45) is 4.55. The van der Waals surface area contributed by atoms with Gasteiger partial charge in [0.15, 0.2) is 9.84 Å². The quantitative estimate of drug-likeness (QED) is 0.836. The Kier molecular flexibility index (Phi) is 2.65. The van der Waals surface area contributed by atoms with E-state index in [-0.39, 0.29) is 17.1 Å². The highest BCUT2D eigenvalue weighted by molar-refractivity contribution is 7.91. The fraction of sp³-hybridized carbons (Fsp3) is 0.231. The Morgan fingerprint density at radius 1 is 1.21 bits per heavy atom. The molecule has 1 unspecified atom stereocenters. The van der Waals surface area contributed by atoms with E-state index in [1.165, 1.54) is 24.7 Å². The van der Waals surface area contributed by atoms with Crippen molar-refractivity contribution in [3.63, 3.8) is 0 Å². The maximum atomic E-state index is 12.0. The molecule has 0 aliphatic carbocycles. The number of aromatic nitrogens is 2. The van der Waals surface area contributed by atoms with Crippen LogP contribution in [0.4, 0.5) is 0 Å². The van der Waals surface area contributed by atoms with Gasteiger partial charge in [0, 0.05) is 24.4 Å². The van der Waals surface area contributed by atoms with Gasteiger partial charge in [-0.3, -0.25) is 9.97 Å². The van der Waals surface area contributed by atoms with Gasteiger partial charge in [0.1, 0.15) is 5.60 Å². The van der Waals surface area contributed by atoms with Crippen LogP contribution in [0.15, 0.2) is 47.8 Å². The van der Waals surface area contributed by atoms with E-state index in [9.17, 15) is 13.5 Å². The Labute approximate surface area is 110 Å². The zero-order valence-electron chi connectivity index (χ0n) is 10.0. The molecule has 0 bridgehead atoms. The summed E-state index contributed by atoms with van der Waals surface area (Å²) in [5, 5.41) is 10.9. The summed E-state index contributed by atoms with van der Waals surface area (Å²) in [7, 11) is -3.33. The topological polar surface area (TPSA) is 80.2 Å². The molecule has 0 amide bonds. The SMILES string of the molecule is O=S1(=O)CCC(O)(c2cnccn2)c2ccccc21. The Morgan fingerprint density at radius 3 is 2.74 bits per heavy atom. The van der Waals surface area contributed by atoms with Crippen LogP contribution in [0.25, 0.3) is 0 Å². The fourth-order valence-corrected chi connectivity index (χ4v) is 4.03. The van der Waals surface area contributed by atoms with E-state index in [4.69, 9.17) is 0 Å². The molecular weight excluding hydrogens is 264 g/mol. The molecular formula is C13H12N2O3S. The summed E-state index contributed by atoms with van der Waals surface area (Å²) in [5.41, 5.74) is -0.644. The lowest BCUT2D eigenvalue weighted by Crippen LogP contribution is -2.37. The summed E-state index contributed by atoms with van der Waals surface area (Å²) in [4.78, 5) is 8.23. The first-order chi connectivity index (χ1) is 9.04. The average Bonchev–Trinajstić information content (AvgIpc) is 2.45. The second kappa shape index (κ2) is 4.11. The smallest absolute Gasteiger partial charge is 0.178 e. The van der Waals surface area contributed by atoms with E-state index in [1.807, 2.05) is 0 Å². The first kappa shape index (κ1) is 12.3. The second-order valence-electron chi connectivity index (χ2n) is 4.52. The highest BCUT2D eigenvalue weighted by atomic mass is 32.2. The second-order valence-corrected chi connectivity index (χ2v) is 6.59. The molecule has 1 aliphatic heterocycles. The van der Waals surface area contributed by atoms with Crippen molar-refractivity contribution in [1.29, 1.82) is 0 Å². The Morgan fingerprint density at radius 2 is 2.00 bits per heavy atom. The Balaban J connectivity index is 2.26. The van der Waals surface area contributed by atoms with E-state index in [1.54, 1.807) is 18.2 Å². The van der Waals surface area contributed by atoms with Crippen molar-refractivity contribution in [3.05, 3.63) is 54.1 Å². The molecule has 1 aliphatic rings. The molecule has 5 nitrogen and oxygen atoms in total. The van der Waals surface area contributed by atoms with Crippen LogP contribution in [-0.4, -0.2) is 29.2 Å². The molecule has 0 spiro atoms. The van der Waals surface area contributed by atoms with Gasteiger partial charge in [-0.15, -0.1) is 0 Å². The minimum Gasteiger partial charge on any atom is -0.379 e. The fourth-order valence-electron chi connectivity index (χ4n) is 2.38. The Hall–Kier alpha value is -1.79.